The molecule has 2 N–H and O–H groups in total. The lowest BCUT2D eigenvalue weighted by Gasteiger charge is -2.14. The van der Waals surface area contributed by atoms with Crippen LogP contribution in [0.3, 0.4) is 0 Å². The van der Waals surface area contributed by atoms with Crippen LogP contribution in [0, 0.1) is 5.82 Å². The van der Waals surface area contributed by atoms with E-state index in [-0.39, 0.29) is 5.02 Å². The molecule has 1 nitrogen and oxygen atoms in total. The van der Waals surface area contributed by atoms with Crippen LogP contribution >= 0.6 is 11.6 Å². The Labute approximate surface area is 98.7 Å². The highest BCUT2D eigenvalue weighted by Crippen LogP contribution is 2.28. The molecule has 0 saturated carbocycles. The summed E-state index contributed by atoms with van der Waals surface area (Å²) in [6, 6.07) is 13.8. The van der Waals surface area contributed by atoms with Gasteiger partial charge in [0.15, 0.2) is 0 Å². The number of halogens is 2. The van der Waals surface area contributed by atoms with Gasteiger partial charge in [-0.3, -0.25) is 0 Å². The van der Waals surface area contributed by atoms with Crippen molar-refractivity contribution in [3.05, 3.63) is 70.5 Å². The molecule has 2 aromatic rings. The van der Waals surface area contributed by atoms with E-state index >= 15 is 0 Å². The second-order valence-electron chi connectivity index (χ2n) is 3.53. The van der Waals surface area contributed by atoms with E-state index in [9.17, 15) is 4.39 Å². The van der Waals surface area contributed by atoms with Gasteiger partial charge in [0.1, 0.15) is 5.82 Å². The van der Waals surface area contributed by atoms with Crippen molar-refractivity contribution in [1.29, 1.82) is 0 Å². The van der Waals surface area contributed by atoms with Crippen LogP contribution in [-0.4, -0.2) is 0 Å². The summed E-state index contributed by atoms with van der Waals surface area (Å²) in [7, 11) is 0. The van der Waals surface area contributed by atoms with Gasteiger partial charge in [0, 0.05) is 0 Å². The van der Waals surface area contributed by atoms with Crippen LogP contribution < -0.4 is 5.73 Å². The zero-order valence-electron chi connectivity index (χ0n) is 8.53. The number of nitrogens with two attached hydrogens (primary N) is 1. The minimum absolute atomic E-state index is 0.0962. The molecule has 0 amide bonds. The van der Waals surface area contributed by atoms with Crippen molar-refractivity contribution < 1.29 is 4.39 Å². The maximum absolute atomic E-state index is 13.3. The Bertz CT molecular complexity index is 485. The van der Waals surface area contributed by atoms with Gasteiger partial charge in [-0.05, 0) is 17.2 Å². The van der Waals surface area contributed by atoms with Crippen LogP contribution in [0.25, 0.3) is 0 Å². The zero-order chi connectivity index (χ0) is 11.5. The predicted octanol–water partition coefficient (Wildman–Crippen LogP) is 3.53. The molecule has 0 saturated heterocycles. The molecular formula is C13H11ClFN. The molecule has 0 heterocycles. The second-order valence-corrected chi connectivity index (χ2v) is 3.91. The van der Waals surface area contributed by atoms with E-state index in [2.05, 4.69) is 0 Å². The highest BCUT2D eigenvalue weighted by atomic mass is 35.5. The van der Waals surface area contributed by atoms with E-state index in [4.69, 9.17) is 17.3 Å². The molecule has 0 radical (unpaired) electrons. The van der Waals surface area contributed by atoms with E-state index in [0.29, 0.717) is 5.56 Å². The van der Waals surface area contributed by atoms with Crippen LogP contribution in [0.4, 0.5) is 4.39 Å². The van der Waals surface area contributed by atoms with Gasteiger partial charge in [0.25, 0.3) is 0 Å². The van der Waals surface area contributed by atoms with Gasteiger partial charge in [0.2, 0.25) is 0 Å². The molecule has 2 rings (SSSR count). The summed E-state index contributed by atoms with van der Waals surface area (Å²) in [6.07, 6.45) is 0. The molecule has 0 aliphatic carbocycles. The third-order valence-corrected chi connectivity index (χ3v) is 2.87. The molecular weight excluding hydrogens is 225 g/mol. The van der Waals surface area contributed by atoms with Gasteiger partial charge in [-0.15, -0.1) is 0 Å². The molecule has 1 unspecified atom stereocenters. The Morgan fingerprint density at radius 2 is 1.69 bits per heavy atom. The highest BCUT2D eigenvalue weighted by Gasteiger charge is 2.14. The lowest BCUT2D eigenvalue weighted by atomic mass is 9.99. The lowest BCUT2D eigenvalue weighted by molar-refractivity contribution is 0.624. The van der Waals surface area contributed by atoms with Crippen molar-refractivity contribution in [1.82, 2.24) is 0 Å². The quantitative estimate of drug-likeness (QED) is 0.847. The molecule has 82 valence electrons. The first-order valence-corrected chi connectivity index (χ1v) is 5.32. The van der Waals surface area contributed by atoms with Gasteiger partial charge in [-0.1, -0.05) is 54.1 Å². The summed E-state index contributed by atoms with van der Waals surface area (Å²) in [6.45, 7) is 0. The first-order chi connectivity index (χ1) is 7.70. The topological polar surface area (TPSA) is 26.0 Å². The van der Waals surface area contributed by atoms with Crippen molar-refractivity contribution in [3.63, 3.8) is 0 Å². The molecule has 0 aliphatic rings. The Hall–Kier alpha value is -1.38. The molecule has 0 spiro atoms. The Balaban J connectivity index is 2.42. The van der Waals surface area contributed by atoms with Crippen molar-refractivity contribution >= 4 is 11.6 Å². The fourth-order valence-corrected chi connectivity index (χ4v) is 1.84. The van der Waals surface area contributed by atoms with Crippen LogP contribution in [-0.2, 0) is 0 Å². The van der Waals surface area contributed by atoms with Crippen LogP contribution in [0.2, 0.25) is 5.02 Å². The fraction of sp³-hybridized carbons (Fsp3) is 0.0769. The molecule has 1 atom stereocenters. The number of benzene rings is 2. The minimum atomic E-state index is -0.439. The minimum Gasteiger partial charge on any atom is -0.320 e. The number of hydrogen-bond donors (Lipinski definition) is 1. The average molecular weight is 236 g/mol. The van der Waals surface area contributed by atoms with Gasteiger partial charge in [0.05, 0.1) is 11.1 Å². The summed E-state index contributed by atoms with van der Waals surface area (Å²) >= 11 is 5.88. The fourth-order valence-electron chi connectivity index (χ4n) is 1.60. The molecule has 16 heavy (non-hydrogen) atoms. The summed E-state index contributed by atoms with van der Waals surface area (Å²) in [5.74, 6) is -0.439. The molecule has 0 fully saturated rings. The van der Waals surface area contributed by atoms with Crippen molar-refractivity contribution in [2.75, 3.05) is 0 Å². The van der Waals surface area contributed by atoms with Crippen molar-refractivity contribution in [2.24, 2.45) is 5.73 Å². The van der Waals surface area contributed by atoms with E-state index in [0.717, 1.165) is 5.56 Å². The molecule has 3 heteroatoms. The van der Waals surface area contributed by atoms with Crippen LogP contribution in [0.5, 0.6) is 0 Å². The predicted molar refractivity (Wildman–Crippen MR) is 63.9 cm³/mol. The normalized spacial score (nSPS) is 12.4. The highest BCUT2D eigenvalue weighted by molar-refractivity contribution is 6.31. The maximum Gasteiger partial charge on any atom is 0.142 e. The molecule has 0 bridgehead atoms. The van der Waals surface area contributed by atoms with Gasteiger partial charge < -0.3 is 5.73 Å². The standard InChI is InChI=1S/C13H11ClFN/c14-12-10(7-4-8-11(12)15)13(16)9-5-2-1-3-6-9/h1-8,13H,16H2. The van der Waals surface area contributed by atoms with Crippen LogP contribution in [0.15, 0.2) is 48.5 Å². The van der Waals surface area contributed by atoms with E-state index in [1.807, 2.05) is 30.3 Å². The van der Waals surface area contributed by atoms with Gasteiger partial charge >= 0.3 is 0 Å². The average Bonchev–Trinajstić information content (AvgIpc) is 2.33. The monoisotopic (exact) mass is 235 g/mol. The number of rotatable bonds is 2. The van der Waals surface area contributed by atoms with Gasteiger partial charge in [-0.2, -0.15) is 0 Å². The van der Waals surface area contributed by atoms with Crippen LogP contribution in [0.1, 0.15) is 17.2 Å². The molecule has 2 aromatic carbocycles. The Kier molecular flexibility index (Phi) is 3.22. The summed E-state index contributed by atoms with van der Waals surface area (Å²) in [5, 5.41) is 0.0962. The third kappa shape index (κ3) is 2.08. The summed E-state index contributed by atoms with van der Waals surface area (Å²) < 4.78 is 13.3. The summed E-state index contributed by atoms with van der Waals surface area (Å²) in [4.78, 5) is 0. The third-order valence-electron chi connectivity index (χ3n) is 2.48. The first-order valence-electron chi connectivity index (χ1n) is 4.94. The zero-order valence-corrected chi connectivity index (χ0v) is 9.29. The first kappa shape index (κ1) is 11.1. The second kappa shape index (κ2) is 4.64. The Morgan fingerprint density at radius 3 is 2.38 bits per heavy atom. The van der Waals surface area contributed by atoms with Crippen molar-refractivity contribution in [2.45, 2.75) is 6.04 Å². The largest absolute Gasteiger partial charge is 0.320 e. The van der Waals surface area contributed by atoms with E-state index < -0.39 is 11.9 Å². The summed E-state index contributed by atoms with van der Waals surface area (Å²) in [5.41, 5.74) is 7.55. The van der Waals surface area contributed by atoms with Gasteiger partial charge in [-0.25, -0.2) is 4.39 Å². The lowest BCUT2D eigenvalue weighted by Crippen LogP contribution is -2.12. The van der Waals surface area contributed by atoms with E-state index in [1.54, 1.807) is 12.1 Å². The molecule has 0 aliphatic heterocycles. The van der Waals surface area contributed by atoms with E-state index in [1.165, 1.54) is 6.07 Å². The van der Waals surface area contributed by atoms with Crippen molar-refractivity contribution in [3.8, 4) is 0 Å². The SMILES string of the molecule is NC(c1ccccc1)c1cccc(F)c1Cl. The Morgan fingerprint density at radius 1 is 1.00 bits per heavy atom. The molecule has 0 aromatic heterocycles. The maximum atomic E-state index is 13.3. The smallest absolute Gasteiger partial charge is 0.142 e. The number of hydrogen-bond acceptors (Lipinski definition) is 1.